The SMILES string of the molecule is Cc1ccc(C(=O)N(CCCNC(=O)OC(C)(C)C)C(C(=O)N(C)C)c2nc3cc(Cl)ccc3c(=O)[nH]2)cc1.Cc1ccc(C(=O)N(CCCNC(=O)OC(C)(C)C)C(C(=O)N(C)C)c2nc3cc(Cl)ccc3c(=O)n2Cc2cccc(C)c2)cc1.Cc1cccc(CBr)c1.O=CO[O-].[H-].[K+].[K+]. The first kappa shape index (κ1) is 89.0. The van der Waals surface area contributed by atoms with Gasteiger partial charge in [-0.2, -0.15) is 0 Å². The van der Waals surface area contributed by atoms with Crippen LogP contribution >= 0.6 is 39.1 Å². The molecule has 0 radical (unpaired) electrons. The molecule has 0 saturated carbocycles. The third-order valence-corrected chi connectivity index (χ3v) is 15.5. The van der Waals surface area contributed by atoms with Crippen molar-refractivity contribution in [2.75, 3.05) is 54.4 Å². The Morgan fingerprint density at radius 1 is 0.604 bits per heavy atom. The second-order valence-electron chi connectivity index (χ2n) is 25.5. The number of H-pyrrole nitrogens is 1. The zero-order chi connectivity index (χ0) is 73.5. The summed E-state index contributed by atoms with van der Waals surface area (Å²) in [5.41, 5.74) is 5.62. The van der Waals surface area contributed by atoms with Crippen LogP contribution in [0.5, 0.6) is 0 Å². The van der Waals surface area contributed by atoms with Crippen LogP contribution in [-0.2, 0) is 40.6 Å². The number of nitrogens with one attached hydrogen (secondary N) is 3. The molecule has 0 aliphatic rings. The number of ether oxygens (including phenoxy) is 2. The number of alkyl halides is 1. The number of carbonyl (C=O) groups is 7. The van der Waals surface area contributed by atoms with Crippen LogP contribution in [-0.4, -0.2) is 147 Å². The van der Waals surface area contributed by atoms with Crippen LogP contribution in [0.15, 0.2) is 143 Å². The molecule has 6 aromatic carbocycles. The average molecular weight is 1540 g/mol. The molecule has 2 aromatic heterocycles. The average Bonchev–Trinajstić information content (AvgIpc) is 0.764. The molecule has 8 rings (SSSR count). The van der Waals surface area contributed by atoms with Gasteiger partial charge in [-0.25, -0.2) is 19.6 Å². The Labute approximate surface area is 694 Å². The van der Waals surface area contributed by atoms with E-state index in [1.165, 1.54) is 41.4 Å². The largest absolute Gasteiger partial charge is 1.00 e. The fraction of sp³-hybridized carbons (Fsp3) is 0.356. The molecule has 2 unspecified atom stereocenters. The number of nitrogens with zero attached hydrogens (tertiary/aromatic N) is 7. The molecular formula is C73H87BrCl2K2N10O13. The Kier molecular flexibility index (Phi) is 37.5. The summed E-state index contributed by atoms with van der Waals surface area (Å²) in [6.45, 7) is 18.9. The van der Waals surface area contributed by atoms with Gasteiger partial charge in [0.2, 0.25) is 0 Å². The Morgan fingerprint density at radius 3 is 1.44 bits per heavy atom. The number of aryl methyl sites for hydroxylation is 4. The predicted molar refractivity (Wildman–Crippen MR) is 386 cm³/mol. The molecule has 101 heavy (non-hydrogen) atoms. The van der Waals surface area contributed by atoms with Crippen LogP contribution < -0.4 is 130 Å². The fourth-order valence-corrected chi connectivity index (χ4v) is 10.5. The van der Waals surface area contributed by atoms with Crippen molar-refractivity contribution in [1.29, 1.82) is 0 Å². The summed E-state index contributed by atoms with van der Waals surface area (Å²) in [5, 5.41) is 16.2. The molecule has 28 heteroatoms. The molecule has 0 aliphatic heterocycles. The number of halogens is 3. The van der Waals surface area contributed by atoms with Gasteiger partial charge in [-0.05, 0) is 154 Å². The summed E-state index contributed by atoms with van der Waals surface area (Å²) < 4.78 is 12.1. The fourth-order valence-electron chi connectivity index (χ4n) is 9.82. The van der Waals surface area contributed by atoms with Crippen LogP contribution in [0, 0.1) is 27.7 Å². The minimum absolute atomic E-state index is 0. The van der Waals surface area contributed by atoms with E-state index in [0.29, 0.717) is 49.4 Å². The molecule has 3 N–H and O–H groups in total. The van der Waals surface area contributed by atoms with Gasteiger partial charge in [-0.3, -0.25) is 38.1 Å². The number of alkyl carbamates (subject to hydrolysis) is 2. The van der Waals surface area contributed by atoms with Gasteiger partial charge in [0.15, 0.2) is 12.1 Å². The quantitative estimate of drug-likeness (QED) is 0.0215. The molecule has 2 atom stereocenters. The molecule has 530 valence electrons. The van der Waals surface area contributed by atoms with Crippen LogP contribution in [0.4, 0.5) is 9.59 Å². The monoisotopic (exact) mass is 1540 g/mol. The van der Waals surface area contributed by atoms with Crippen LogP contribution in [0.1, 0.15) is 134 Å². The van der Waals surface area contributed by atoms with Gasteiger partial charge in [0.05, 0.1) is 28.4 Å². The summed E-state index contributed by atoms with van der Waals surface area (Å²) in [6.07, 6.45) is -0.583. The summed E-state index contributed by atoms with van der Waals surface area (Å²) in [4.78, 5) is 136. The first-order chi connectivity index (χ1) is 46.6. The van der Waals surface area contributed by atoms with Crippen molar-refractivity contribution < 1.29 is 157 Å². The number of hydrogen-bond acceptors (Lipinski definition) is 15. The van der Waals surface area contributed by atoms with Gasteiger partial charge < -0.3 is 56.3 Å². The molecule has 6 amide bonds. The number of carbonyl (C=O) groups excluding carboxylic acids is 7. The minimum atomic E-state index is -1.29. The van der Waals surface area contributed by atoms with Crippen molar-refractivity contribution in [3.05, 3.63) is 220 Å². The molecule has 2 heterocycles. The Morgan fingerprint density at radius 2 is 1.02 bits per heavy atom. The molecule has 23 nitrogen and oxygen atoms in total. The maximum Gasteiger partial charge on any atom is 1.00 e. The van der Waals surface area contributed by atoms with E-state index in [1.807, 2.05) is 57.2 Å². The molecule has 8 aromatic rings. The van der Waals surface area contributed by atoms with Gasteiger partial charge in [0.1, 0.15) is 22.9 Å². The molecule has 0 bridgehead atoms. The summed E-state index contributed by atoms with van der Waals surface area (Å²) in [5.74, 6) is -1.65. The van der Waals surface area contributed by atoms with E-state index in [1.54, 1.807) is 136 Å². The first-order valence-corrected chi connectivity index (χ1v) is 33.4. The third kappa shape index (κ3) is 28.4. The van der Waals surface area contributed by atoms with Crippen molar-refractivity contribution in [3.63, 3.8) is 0 Å². The minimum Gasteiger partial charge on any atom is -1.00 e. The third-order valence-electron chi connectivity index (χ3n) is 14.4. The molecular weight excluding hydrogens is 1450 g/mol. The molecule has 0 spiro atoms. The van der Waals surface area contributed by atoms with Crippen molar-refractivity contribution in [3.8, 4) is 0 Å². The Bertz CT molecular complexity index is 4250. The van der Waals surface area contributed by atoms with Crippen molar-refractivity contribution >= 4 is 103 Å². The first-order valence-electron chi connectivity index (χ1n) is 31.6. The molecule has 0 aliphatic carbocycles. The van der Waals surface area contributed by atoms with Crippen LogP contribution in [0.25, 0.3) is 21.8 Å². The van der Waals surface area contributed by atoms with E-state index in [9.17, 15) is 38.4 Å². The van der Waals surface area contributed by atoms with E-state index in [0.717, 1.165) is 27.6 Å². The van der Waals surface area contributed by atoms with Gasteiger partial charge in [0.25, 0.3) is 41.2 Å². The topological polar surface area (TPSA) is 288 Å². The van der Waals surface area contributed by atoms with Gasteiger partial charge in [-0.15, -0.1) is 0 Å². The van der Waals surface area contributed by atoms with E-state index < -0.39 is 64.7 Å². The van der Waals surface area contributed by atoms with Crippen molar-refractivity contribution in [2.24, 2.45) is 0 Å². The van der Waals surface area contributed by atoms with Crippen LogP contribution in [0.2, 0.25) is 10.0 Å². The van der Waals surface area contributed by atoms with Gasteiger partial charge >= 0.3 is 115 Å². The number of rotatable bonds is 20. The van der Waals surface area contributed by atoms with E-state index in [-0.39, 0.29) is 167 Å². The zero-order valence-corrected chi connectivity index (χ0v) is 69.5. The van der Waals surface area contributed by atoms with Crippen molar-refractivity contribution in [2.45, 2.75) is 117 Å². The summed E-state index contributed by atoms with van der Waals surface area (Å²) in [6, 6.07) is 37.1. The predicted octanol–water partition coefficient (Wildman–Crippen LogP) is 5.42. The smallest absolute Gasteiger partial charge is 1.00 e. The zero-order valence-electron chi connectivity index (χ0n) is 61.2. The molecule has 0 saturated heterocycles. The molecule has 0 fully saturated rings. The standard InChI is InChI=1S/C36H42ClN5O5.C28H34ClN5O5.C8H9Br.CH2O3.2K.H/c1-23-12-14-26(15-13-23)32(43)41(19-9-18-38-35(46)47-36(3,4)5)30(34(45)40(6)7)31-39-29-21-27(37)16-17-28(29)33(44)42(31)22-25-11-8-10-24(2)20-25;1-17-8-10-18(11-9-17)25(36)34(15-7-14-30-27(38)39-28(2,3)4)22(26(37)33(5)6)23-31-21-16-19(29)12-13-20(21)24(35)32-23;1-7-3-2-4-8(5-7)6-9;2-1-4-3;;;/h8,10-17,20-21,30H,9,18-19,22H2,1-7H3,(H,38,46);8-13,16,22H,7,14-15H2,1-6H3,(H,30,38)(H,31,32,35);2-5H,6H2,1H3;1,3H;;;/q;;;;2*+1;-1/p-1. The maximum atomic E-state index is 14.3. The van der Waals surface area contributed by atoms with Gasteiger partial charge in [-0.1, -0.05) is 134 Å². The Balaban J connectivity index is 0.000000579. The number of aromatic nitrogens is 4. The number of amides is 6. The maximum absolute atomic E-state index is 14.3. The normalized spacial score (nSPS) is 11.3. The van der Waals surface area contributed by atoms with Gasteiger partial charge in [0, 0.05) is 80.9 Å². The number of likely N-dealkylation sites (N-methyl/N-ethyl adjacent to an activating group) is 2. The number of hydrogen-bond donors (Lipinski definition) is 3. The number of aromatic amines is 1. The van der Waals surface area contributed by atoms with Crippen LogP contribution in [0.3, 0.4) is 0 Å². The van der Waals surface area contributed by atoms with E-state index in [2.05, 4.69) is 72.6 Å². The van der Waals surface area contributed by atoms with E-state index >= 15 is 0 Å². The number of fused-ring (bicyclic) bond motifs is 2. The summed E-state index contributed by atoms with van der Waals surface area (Å²) >= 11 is 15.9. The van der Waals surface area contributed by atoms with Crippen molar-refractivity contribution in [1.82, 2.24) is 49.8 Å². The second-order valence-corrected chi connectivity index (χ2v) is 26.9. The summed E-state index contributed by atoms with van der Waals surface area (Å²) in [7, 11) is 6.30. The van der Waals surface area contributed by atoms with E-state index in [4.69, 9.17) is 47.7 Å². The number of benzene rings is 6. The second kappa shape index (κ2) is 42.5. The Hall–Kier alpha value is -6.22.